The topological polar surface area (TPSA) is 72.8 Å². The molecule has 1 heterocycles. The van der Waals surface area contributed by atoms with Crippen LogP contribution < -0.4 is 14.9 Å². The third-order valence-corrected chi connectivity index (χ3v) is 6.73. The van der Waals surface area contributed by atoms with Gasteiger partial charge in [0.25, 0.3) is 5.91 Å². The standard InChI is InChI=1S/C21H22BrN3O3S2/c1-12(2)28-19-15(22)9-14(10-17(19)27-4)11-23-25-20(26)13(3)29-21-24-16-7-5-6-8-18(16)30-21/h5-13H,1-4H3,(H,25,26)/b23-11-/t13-/m1/s1. The second-order valence-electron chi connectivity index (χ2n) is 6.64. The molecular weight excluding hydrogens is 486 g/mol. The molecule has 0 saturated carbocycles. The summed E-state index contributed by atoms with van der Waals surface area (Å²) in [6.45, 7) is 5.73. The van der Waals surface area contributed by atoms with E-state index in [1.165, 1.54) is 11.8 Å². The Hall–Kier alpha value is -2.10. The minimum Gasteiger partial charge on any atom is -0.493 e. The van der Waals surface area contributed by atoms with E-state index in [1.807, 2.05) is 51.1 Å². The van der Waals surface area contributed by atoms with Crippen molar-refractivity contribution >= 4 is 61.4 Å². The Bertz CT molecular complexity index is 1040. The lowest BCUT2D eigenvalue weighted by molar-refractivity contribution is -0.120. The predicted octanol–water partition coefficient (Wildman–Crippen LogP) is 5.49. The number of carbonyl (C=O) groups is 1. The first-order valence-electron chi connectivity index (χ1n) is 9.26. The number of hydrogen-bond donors (Lipinski definition) is 1. The van der Waals surface area contributed by atoms with Crippen LogP contribution in [0.1, 0.15) is 26.3 Å². The molecule has 1 N–H and O–H groups in total. The van der Waals surface area contributed by atoms with Gasteiger partial charge in [0.05, 0.1) is 39.4 Å². The van der Waals surface area contributed by atoms with E-state index in [0.29, 0.717) is 11.5 Å². The van der Waals surface area contributed by atoms with Crippen LogP contribution in [0.15, 0.2) is 50.3 Å². The number of rotatable bonds is 8. The van der Waals surface area contributed by atoms with Gasteiger partial charge in [-0.15, -0.1) is 11.3 Å². The fourth-order valence-electron chi connectivity index (χ4n) is 2.53. The molecule has 0 fully saturated rings. The Labute approximate surface area is 192 Å². The summed E-state index contributed by atoms with van der Waals surface area (Å²) in [5.41, 5.74) is 4.30. The molecule has 0 unspecified atom stereocenters. The summed E-state index contributed by atoms with van der Waals surface area (Å²) >= 11 is 6.49. The number of hydrazone groups is 1. The normalized spacial score (nSPS) is 12.5. The monoisotopic (exact) mass is 507 g/mol. The van der Waals surface area contributed by atoms with Crippen LogP contribution in [0.25, 0.3) is 10.2 Å². The molecule has 0 radical (unpaired) electrons. The maximum Gasteiger partial charge on any atom is 0.253 e. The second kappa shape index (κ2) is 10.3. The van der Waals surface area contributed by atoms with E-state index in [2.05, 4.69) is 31.4 Å². The molecule has 158 valence electrons. The quantitative estimate of drug-likeness (QED) is 0.248. The van der Waals surface area contributed by atoms with Crippen molar-refractivity contribution < 1.29 is 14.3 Å². The number of ether oxygens (including phenoxy) is 2. The van der Waals surface area contributed by atoms with Crippen molar-refractivity contribution in [1.82, 2.24) is 10.4 Å². The number of benzene rings is 2. The number of nitrogens with one attached hydrogen (secondary N) is 1. The van der Waals surface area contributed by atoms with E-state index in [0.717, 1.165) is 24.6 Å². The van der Waals surface area contributed by atoms with Crippen molar-refractivity contribution in [2.45, 2.75) is 36.5 Å². The van der Waals surface area contributed by atoms with Crippen molar-refractivity contribution in [1.29, 1.82) is 0 Å². The SMILES string of the molecule is COc1cc(/C=N\NC(=O)[C@@H](C)Sc2nc3ccccc3s2)cc(Br)c1OC(C)C. The van der Waals surface area contributed by atoms with Crippen LogP contribution in [0.5, 0.6) is 11.5 Å². The molecule has 30 heavy (non-hydrogen) atoms. The van der Waals surface area contributed by atoms with Gasteiger partial charge in [-0.2, -0.15) is 5.10 Å². The van der Waals surface area contributed by atoms with Crippen LogP contribution in [0.4, 0.5) is 0 Å². The third kappa shape index (κ3) is 5.74. The molecule has 0 spiro atoms. The summed E-state index contributed by atoms with van der Waals surface area (Å²) < 4.78 is 13.9. The van der Waals surface area contributed by atoms with Crippen molar-refractivity contribution in [2.24, 2.45) is 5.10 Å². The lowest BCUT2D eigenvalue weighted by Crippen LogP contribution is -2.26. The number of thiazole rings is 1. The molecule has 2 aromatic carbocycles. The molecule has 6 nitrogen and oxygen atoms in total. The van der Waals surface area contributed by atoms with Crippen LogP contribution in [0.2, 0.25) is 0 Å². The zero-order chi connectivity index (χ0) is 21.7. The molecular formula is C21H22BrN3O3S2. The van der Waals surface area contributed by atoms with E-state index < -0.39 is 0 Å². The van der Waals surface area contributed by atoms with E-state index in [-0.39, 0.29) is 17.3 Å². The summed E-state index contributed by atoms with van der Waals surface area (Å²) in [4.78, 5) is 16.9. The number of methoxy groups -OCH3 is 1. The van der Waals surface area contributed by atoms with Crippen LogP contribution in [-0.4, -0.2) is 35.6 Å². The Kier molecular flexibility index (Phi) is 7.74. The molecule has 3 aromatic rings. The van der Waals surface area contributed by atoms with Gasteiger partial charge < -0.3 is 9.47 Å². The first-order chi connectivity index (χ1) is 14.4. The number of fused-ring (bicyclic) bond motifs is 1. The van der Waals surface area contributed by atoms with Gasteiger partial charge in [-0.05, 0) is 66.5 Å². The lowest BCUT2D eigenvalue weighted by Gasteiger charge is -2.15. The smallest absolute Gasteiger partial charge is 0.253 e. The first kappa shape index (κ1) is 22.6. The van der Waals surface area contributed by atoms with Crippen LogP contribution in [0, 0.1) is 0 Å². The molecule has 0 bridgehead atoms. The van der Waals surface area contributed by atoms with E-state index >= 15 is 0 Å². The highest BCUT2D eigenvalue weighted by molar-refractivity contribution is 9.10. The number of thioether (sulfide) groups is 1. The zero-order valence-electron chi connectivity index (χ0n) is 17.0. The summed E-state index contributed by atoms with van der Waals surface area (Å²) in [5.74, 6) is 1.03. The molecule has 9 heteroatoms. The number of nitrogens with zero attached hydrogens (tertiary/aromatic N) is 2. The van der Waals surface area contributed by atoms with E-state index in [9.17, 15) is 4.79 Å². The van der Waals surface area contributed by atoms with Crippen LogP contribution >= 0.6 is 39.0 Å². The Morgan fingerprint density at radius 3 is 2.77 bits per heavy atom. The zero-order valence-corrected chi connectivity index (χ0v) is 20.2. The fourth-order valence-corrected chi connectivity index (χ4v) is 5.29. The average Bonchev–Trinajstić information content (AvgIpc) is 3.11. The molecule has 1 amide bonds. The molecule has 0 aliphatic heterocycles. The third-order valence-electron chi connectivity index (χ3n) is 3.91. The number of hydrogen-bond acceptors (Lipinski definition) is 7. The second-order valence-corrected chi connectivity index (χ2v) is 10.1. The minimum atomic E-state index is -0.328. The molecule has 0 aliphatic carbocycles. The van der Waals surface area contributed by atoms with Gasteiger partial charge in [-0.25, -0.2) is 10.4 Å². The van der Waals surface area contributed by atoms with Crippen LogP contribution in [-0.2, 0) is 4.79 Å². The summed E-state index contributed by atoms with van der Waals surface area (Å²) in [6, 6.07) is 11.6. The first-order valence-corrected chi connectivity index (χ1v) is 11.8. The van der Waals surface area contributed by atoms with E-state index in [4.69, 9.17) is 9.47 Å². The molecule has 1 atom stereocenters. The van der Waals surface area contributed by atoms with E-state index in [1.54, 1.807) is 30.7 Å². The van der Waals surface area contributed by atoms with Gasteiger partial charge in [0.2, 0.25) is 0 Å². The molecule has 1 aromatic heterocycles. The highest BCUT2D eigenvalue weighted by Gasteiger charge is 2.17. The number of amides is 1. The lowest BCUT2D eigenvalue weighted by atomic mass is 10.2. The summed E-state index contributed by atoms with van der Waals surface area (Å²) in [7, 11) is 1.58. The van der Waals surface area contributed by atoms with Crippen molar-refractivity contribution in [3.05, 3.63) is 46.4 Å². The largest absolute Gasteiger partial charge is 0.493 e. The number of halogens is 1. The van der Waals surface area contributed by atoms with Gasteiger partial charge in [-0.3, -0.25) is 4.79 Å². The number of carbonyl (C=O) groups excluding carboxylic acids is 1. The highest BCUT2D eigenvalue weighted by atomic mass is 79.9. The molecule has 0 saturated heterocycles. The predicted molar refractivity (Wildman–Crippen MR) is 127 cm³/mol. The highest BCUT2D eigenvalue weighted by Crippen LogP contribution is 2.37. The van der Waals surface area contributed by atoms with Crippen molar-refractivity contribution in [3.63, 3.8) is 0 Å². The fraction of sp³-hybridized carbons (Fsp3) is 0.286. The van der Waals surface area contributed by atoms with Crippen molar-refractivity contribution in [3.8, 4) is 11.5 Å². The number of para-hydroxylation sites is 1. The van der Waals surface area contributed by atoms with Gasteiger partial charge in [0, 0.05) is 0 Å². The minimum absolute atomic E-state index is 0.0171. The maximum atomic E-state index is 12.4. The maximum absolute atomic E-state index is 12.4. The van der Waals surface area contributed by atoms with Gasteiger partial charge in [0.15, 0.2) is 15.8 Å². The summed E-state index contributed by atoms with van der Waals surface area (Å²) in [5, 5.41) is 3.75. The average molecular weight is 508 g/mol. The van der Waals surface area contributed by atoms with Gasteiger partial charge in [-0.1, -0.05) is 23.9 Å². The van der Waals surface area contributed by atoms with Crippen LogP contribution in [0.3, 0.4) is 0 Å². The Morgan fingerprint density at radius 2 is 2.07 bits per heavy atom. The molecule has 0 aliphatic rings. The van der Waals surface area contributed by atoms with Gasteiger partial charge >= 0.3 is 0 Å². The Morgan fingerprint density at radius 1 is 1.30 bits per heavy atom. The summed E-state index contributed by atoms with van der Waals surface area (Å²) in [6.07, 6.45) is 1.59. The Balaban J connectivity index is 1.62. The number of aromatic nitrogens is 1. The van der Waals surface area contributed by atoms with Crippen molar-refractivity contribution in [2.75, 3.05) is 7.11 Å². The molecule has 3 rings (SSSR count). The van der Waals surface area contributed by atoms with Gasteiger partial charge in [0.1, 0.15) is 0 Å².